The summed E-state index contributed by atoms with van der Waals surface area (Å²) in [4.78, 5) is 31.9. The number of hydroxylamine groups is 1. The minimum atomic E-state index is -0.594. The molecule has 0 radical (unpaired) electrons. The van der Waals surface area contributed by atoms with Crippen molar-refractivity contribution in [3.05, 3.63) is 78.0 Å². The smallest absolute Gasteiger partial charge is 0.318 e. The van der Waals surface area contributed by atoms with Crippen LogP contribution in [0.3, 0.4) is 0 Å². The molecule has 3 amide bonds. The van der Waals surface area contributed by atoms with Crippen LogP contribution in [0, 0.1) is 0 Å². The van der Waals surface area contributed by atoms with Crippen molar-refractivity contribution in [1.29, 1.82) is 0 Å². The molecule has 1 fully saturated rings. The first-order valence-corrected chi connectivity index (χ1v) is 9.27. The van der Waals surface area contributed by atoms with E-state index in [4.69, 9.17) is 5.21 Å². The number of fused-ring (bicyclic) bond motifs is 1. The molecule has 0 unspecified atom stereocenters. The summed E-state index contributed by atoms with van der Waals surface area (Å²) in [5.74, 6) is -0.594. The standard InChI is InChI=1S/C22H20N4O3/c27-21(24-29)11-8-16-6-9-18(10-7-16)26-14-13-25(22(26)28)15-17-3-1-5-20-19(17)4-2-12-23-20/h1-12,29H,13-15H2,(H,24,27)/b11-8+. The average molecular weight is 388 g/mol. The Kier molecular flexibility index (Phi) is 5.22. The number of carbonyl (C=O) groups excluding carboxylic acids is 2. The van der Waals surface area contributed by atoms with Crippen molar-refractivity contribution in [1.82, 2.24) is 15.4 Å². The summed E-state index contributed by atoms with van der Waals surface area (Å²) < 4.78 is 0. The van der Waals surface area contributed by atoms with Gasteiger partial charge < -0.3 is 4.90 Å². The second-order valence-corrected chi connectivity index (χ2v) is 6.74. The highest BCUT2D eigenvalue weighted by Crippen LogP contribution is 2.24. The summed E-state index contributed by atoms with van der Waals surface area (Å²) in [5.41, 5.74) is 5.15. The number of amides is 3. The molecule has 0 atom stereocenters. The molecule has 146 valence electrons. The highest BCUT2D eigenvalue weighted by molar-refractivity contribution is 5.95. The van der Waals surface area contributed by atoms with Crippen LogP contribution in [0.1, 0.15) is 11.1 Å². The number of rotatable bonds is 5. The zero-order chi connectivity index (χ0) is 20.2. The van der Waals surface area contributed by atoms with Crippen LogP contribution in [0.4, 0.5) is 10.5 Å². The number of anilines is 1. The molecule has 1 aliphatic rings. The lowest BCUT2D eigenvalue weighted by molar-refractivity contribution is -0.124. The second-order valence-electron chi connectivity index (χ2n) is 6.74. The Morgan fingerprint density at radius 2 is 1.93 bits per heavy atom. The van der Waals surface area contributed by atoms with E-state index in [1.54, 1.807) is 22.7 Å². The van der Waals surface area contributed by atoms with Crippen molar-refractivity contribution >= 4 is 34.6 Å². The van der Waals surface area contributed by atoms with Gasteiger partial charge in [0.2, 0.25) is 0 Å². The van der Waals surface area contributed by atoms with Crippen LogP contribution in [0.2, 0.25) is 0 Å². The summed E-state index contributed by atoms with van der Waals surface area (Å²) in [5, 5.41) is 9.58. The molecule has 2 heterocycles. The summed E-state index contributed by atoms with van der Waals surface area (Å²) in [6.45, 7) is 1.80. The number of nitrogens with zero attached hydrogens (tertiary/aromatic N) is 3. The third-order valence-electron chi connectivity index (χ3n) is 4.93. The Hall–Kier alpha value is -3.71. The number of aromatic nitrogens is 1. The first-order chi connectivity index (χ1) is 14.2. The fourth-order valence-corrected chi connectivity index (χ4v) is 3.45. The van der Waals surface area contributed by atoms with Crippen molar-refractivity contribution < 1.29 is 14.8 Å². The molecular formula is C22H20N4O3. The molecule has 3 aromatic rings. The molecule has 0 saturated carbocycles. The third-order valence-corrected chi connectivity index (χ3v) is 4.93. The molecule has 2 aromatic carbocycles. The topological polar surface area (TPSA) is 85.8 Å². The first-order valence-electron chi connectivity index (χ1n) is 9.27. The molecule has 29 heavy (non-hydrogen) atoms. The number of benzene rings is 2. The van der Waals surface area contributed by atoms with Gasteiger partial charge in [0.05, 0.1) is 5.52 Å². The summed E-state index contributed by atoms with van der Waals surface area (Å²) in [6.07, 6.45) is 4.59. The molecule has 0 aliphatic carbocycles. The van der Waals surface area contributed by atoms with E-state index in [1.165, 1.54) is 6.08 Å². The van der Waals surface area contributed by atoms with Crippen molar-refractivity contribution in [2.24, 2.45) is 0 Å². The average Bonchev–Trinajstić information content (AvgIpc) is 3.12. The van der Waals surface area contributed by atoms with Gasteiger partial charge in [-0.1, -0.05) is 30.3 Å². The Morgan fingerprint density at radius 1 is 1.10 bits per heavy atom. The minimum absolute atomic E-state index is 0.0335. The largest absolute Gasteiger partial charge is 0.324 e. The lowest BCUT2D eigenvalue weighted by Gasteiger charge is -2.19. The van der Waals surface area contributed by atoms with Gasteiger partial charge in [0, 0.05) is 43.0 Å². The Morgan fingerprint density at radius 3 is 2.72 bits per heavy atom. The molecule has 0 bridgehead atoms. The highest BCUT2D eigenvalue weighted by Gasteiger charge is 2.29. The second kappa shape index (κ2) is 8.12. The number of pyridine rings is 1. The zero-order valence-electron chi connectivity index (χ0n) is 15.7. The van der Waals surface area contributed by atoms with E-state index < -0.39 is 5.91 Å². The van der Waals surface area contributed by atoms with Crippen molar-refractivity contribution in [2.45, 2.75) is 6.54 Å². The first kappa shape index (κ1) is 18.6. The SMILES string of the molecule is O=C(/C=C/c1ccc(N2CCN(Cc3cccc4ncccc34)C2=O)cc1)NO. The molecule has 0 spiro atoms. The molecule has 4 rings (SSSR count). The quantitative estimate of drug-likeness (QED) is 0.399. The van der Waals surface area contributed by atoms with Gasteiger partial charge >= 0.3 is 6.03 Å². The Bertz CT molecular complexity index is 1070. The van der Waals surface area contributed by atoms with Gasteiger partial charge in [-0.15, -0.1) is 0 Å². The van der Waals surface area contributed by atoms with E-state index in [0.29, 0.717) is 19.6 Å². The maximum Gasteiger partial charge on any atom is 0.324 e. The number of urea groups is 1. The van der Waals surface area contributed by atoms with Gasteiger partial charge in [0.15, 0.2) is 0 Å². The minimum Gasteiger partial charge on any atom is -0.318 e. The van der Waals surface area contributed by atoms with E-state index in [2.05, 4.69) is 4.98 Å². The van der Waals surface area contributed by atoms with Gasteiger partial charge in [-0.3, -0.25) is 19.9 Å². The molecule has 1 aliphatic heterocycles. The van der Waals surface area contributed by atoms with Crippen LogP contribution in [0.5, 0.6) is 0 Å². The monoisotopic (exact) mass is 388 g/mol. The van der Waals surface area contributed by atoms with Gasteiger partial charge in [0.25, 0.3) is 5.91 Å². The van der Waals surface area contributed by atoms with Crippen LogP contribution in [0.25, 0.3) is 17.0 Å². The normalized spacial score (nSPS) is 14.2. The lowest BCUT2D eigenvalue weighted by Crippen LogP contribution is -2.31. The fourth-order valence-electron chi connectivity index (χ4n) is 3.45. The summed E-state index contributed by atoms with van der Waals surface area (Å²) in [7, 11) is 0. The number of hydrogen-bond donors (Lipinski definition) is 2. The van der Waals surface area contributed by atoms with Crippen LogP contribution in [-0.2, 0) is 11.3 Å². The molecule has 1 saturated heterocycles. The van der Waals surface area contributed by atoms with E-state index in [0.717, 1.165) is 27.7 Å². The van der Waals surface area contributed by atoms with Crippen LogP contribution < -0.4 is 10.4 Å². The molecule has 7 nitrogen and oxygen atoms in total. The van der Waals surface area contributed by atoms with Crippen molar-refractivity contribution in [2.75, 3.05) is 18.0 Å². The molecular weight excluding hydrogens is 368 g/mol. The molecule has 2 N–H and O–H groups in total. The van der Waals surface area contributed by atoms with Gasteiger partial charge in [-0.05, 0) is 41.5 Å². The number of nitrogens with one attached hydrogen (secondary N) is 1. The predicted molar refractivity (Wildman–Crippen MR) is 110 cm³/mol. The lowest BCUT2D eigenvalue weighted by atomic mass is 10.1. The maximum absolute atomic E-state index is 12.9. The van der Waals surface area contributed by atoms with E-state index in [1.807, 2.05) is 59.5 Å². The third kappa shape index (κ3) is 3.95. The summed E-state index contributed by atoms with van der Waals surface area (Å²) in [6, 6.07) is 17.2. The van der Waals surface area contributed by atoms with Gasteiger partial charge in [0.1, 0.15) is 0 Å². The van der Waals surface area contributed by atoms with Crippen molar-refractivity contribution in [3.8, 4) is 0 Å². The van der Waals surface area contributed by atoms with Gasteiger partial charge in [-0.2, -0.15) is 0 Å². The predicted octanol–water partition coefficient (Wildman–Crippen LogP) is 3.20. The maximum atomic E-state index is 12.9. The summed E-state index contributed by atoms with van der Waals surface area (Å²) >= 11 is 0. The van der Waals surface area contributed by atoms with Crippen LogP contribution in [-0.4, -0.2) is 40.1 Å². The number of carbonyl (C=O) groups is 2. The van der Waals surface area contributed by atoms with Crippen LogP contribution >= 0.6 is 0 Å². The molecule has 7 heteroatoms. The number of hydrogen-bond acceptors (Lipinski definition) is 4. The molecule has 1 aromatic heterocycles. The Labute approximate surface area is 167 Å². The van der Waals surface area contributed by atoms with E-state index in [-0.39, 0.29) is 6.03 Å². The zero-order valence-corrected chi connectivity index (χ0v) is 15.7. The highest BCUT2D eigenvalue weighted by atomic mass is 16.5. The fraction of sp³-hybridized carbons (Fsp3) is 0.136. The Balaban J connectivity index is 1.47. The van der Waals surface area contributed by atoms with E-state index >= 15 is 0 Å². The van der Waals surface area contributed by atoms with Crippen molar-refractivity contribution in [3.63, 3.8) is 0 Å². The van der Waals surface area contributed by atoms with E-state index in [9.17, 15) is 9.59 Å². The van der Waals surface area contributed by atoms with Gasteiger partial charge in [-0.25, -0.2) is 10.3 Å². The van der Waals surface area contributed by atoms with Crippen LogP contribution in [0.15, 0.2) is 66.9 Å².